The molecule has 4 heterocycles. The summed E-state index contributed by atoms with van der Waals surface area (Å²) in [6.07, 6.45) is 2.08. The normalized spacial score (nSPS) is 23.9. The lowest BCUT2D eigenvalue weighted by molar-refractivity contribution is -0.198. The Labute approximate surface area is 241 Å². The third-order valence-corrected chi connectivity index (χ3v) is 7.84. The number of amides is 1. The second kappa shape index (κ2) is 11.3. The van der Waals surface area contributed by atoms with Gasteiger partial charge in [0.15, 0.2) is 23.5 Å². The summed E-state index contributed by atoms with van der Waals surface area (Å²) in [5, 5.41) is 3.09. The molecule has 2 aliphatic rings. The quantitative estimate of drug-likeness (QED) is 0.402. The Bertz CT molecular complexity index is 1370. The summed E-state index contributed by atoms with van der Waals surface area (Å²) in [4.78, 5) is 27.8. The van der Waals surface area contributed by atoms with Gasteiger partial charge in [-0.25, -0.2) is 15.0 Å². The minimum absolute atomic E-state index is 0.0111. The molecule has 0 spiro atoms. The van der Waals surface area contributed by atoms with Crippen LogP contribution in [0.25, 0.3) is 11.2 Å². The summed E-state index contributed by atoms with van der Waals surface area (Å²) in [5.74, 6) is -0.419. The maximum Gasteiger partial charge on any atom is 0.224 e. The van der Waals surface area contributed by atoms with E-state index < -0.39 is 12.0 Å². The number of aromatic nitrogens is 4. The molecule has 2 saturated heterocycles. The number of benzene rings is 1. The molecule has 2 fully saturated rings. The largest absolute Gasteiger partial charge is 0.382 e. The van der Waals surface area contributed by atoms with Gasteiger partial charge in [0.05, 0.1) is 12.7 Å². The molecule has 1 aromatic carbocycles. The number of ether oxygens (including phenoxy) is 3. The van der Waals surface area contributed by atoms with Crippen molar-refractivity contribution < 1.29 is 19.0 Å². The van der Waals surface area contributed by atoms with Crippen LogP contribution in [0.2, 0.25) is 0 Å². The van der Waals surface area contributed by atoms with Crippen molar-refractivity contribution in [3.05, 3.63) is 48.0 Å². The van der Waals surface area contributed by atoms with Crippen molar-refractivity contribution in [2.45, 2.75) is 96.7 Å². The van der Waals surface area contributed by atoms with Gasteiger partial charge in [0, 0.05) is 25.7 Å². The maximum atomic E-state index is 12.7. The van der Waals surface area contributed by atoms with Gasteiger partial charge in [-0.05, 0) is 44.2 Å². The lowest BCUT2D eigenvalue weighted by Crippen LogP contribution is -2.46. The van der Waals surface area contributed by atoms with Crippen LogP contribution >= 0.6 is 0 Å². The summed E-state index contributed by atoms with van der Waals surface area (Å²) in [6, 6.07) is 8.53. The zero-order valence-electron chi connectivity index (χ0n) is 25.1. The van der Waals surface area contributed by atoms with E-state index in [1.165, 1.54) is 11.9 Å². The second-order valence-corrected chi connectivity index (χ2v) is 12.8. The Morgan fingerprint density at radius 3 is 2.51 bits per heavy atom. The summed E-state index contributed by atoms with van der Waals surface area (Å²) in [6.45, 7) is 16.5. The first-order valence-corrected chi connectivity index (χ1v) is 14.4. The number of carbonyl (C=O) groups excluding carboxylic acids is 1. The molecule has 0 saturated carbocycles. The number of imidazole rings is 1. The Hall–Kier alpha value is -3.12. The molecule has 0 radical (unpaired) electrons. The predicted molar refractivity (Wildman–Crippen MR) is 156 cm³/mol. The number of nitrogens with one attached hydrogen (secondary N) is 1. The first-order chi connectivity index (χ1) is 19.3. The Kier molecular flexibility index (Phi) is 8.08. The van der Waals surface area contributed by atoms with E-state index in [1.54, 1.807) is 6.33 Å². The molecule has 11 nitrogen and oxygen atoms in total. The molecule has 41 heavy (non-hydrogen) atoms. The van der Waals surface area contributed by atoms with E-state index >= 15 is 0 Å². The molecule has 4 atom stereocenters. The van der Waals surface area contributed by atoms with Crippen molar-refractivity contribution in [2.24, 2.45) is 0 Å². The SMILES string of the molecule is CC(C)N(CCNC(=O)Cc1ccc(C(C)(C)C)cc1)C[C@H]1O[C@@H](n2cnc3c(N)ncnc32)[C@@H]2OC(C)(C)O[C@@H]21. The zero-order valence-corrected chi connectivity index (χ0v) is 25.1. The molecule has 3 N–H and O–H groups in total. The number of nitrogens with two attached hydrogens (primary N) is 1. The van der Waals surface area contributed by atoms with Crippen molar-refractivity contribution in [3.8, 4) is 0 Å². The number of hydrogen-bond donors (Lipinski definition) is 2. The highest BCUT2D eigenvalue weighted by Gasteiger charge is 2.56. The molecule has 1 amide bonds. The molecule has 2 aliphatic heterocycles. The third kappa shape index (κ3) is 6.38. The van der Waals surface area contributed by atoms with E-state index in [-0.39, 0.29) is 35.7 Å². The molecule has 222 valence electrons. The summed E-state index contributed by atoms with van der Waals surface area (Å²) in [5.41, 5.74) is 9.48. The Morgan fingerprint density at radius 2 is 1.83 bits per heavy atom. The van der Waals surface area contributed by atoms with Crippen molar-refractivity contribution in [2.75, 3.05) is 25.4 Å². The molecule has 3 aromatic rings. The average Bonchev–Trinajstić information content (AvgIpc) is 3.55. The van der Waals surface area contributed by atoms with E-state index in [2.05, 4.69) is 71.9 Å². The summed E-state index contributed by atoms with van der Waals surface area (Å²) in [7, 11) is 0. The van der Waals surface area contributed by atoms with Crippen LogP contribution in [-0.4, -0.2) is 80.1 Å². The molecule has 2 aromatic heterocycles. The first kappa shape index (κ1) is 29.4. The number of rotatable bonds is 9. The zero-order chi connectivity index (χ0) is 29.5. The maximum absolute atomic E-state index is 12.7. The fourth-order valence-electron chi connectivity index (χ4n) is 5.59. The second-order valence-electron chi connectivity index (χ2n) is 12.8. The lowest BCUT2D eigenvalue weighted by atomic mass is 9.86. The molecule has 11 heteroatoms. The number of fused-ring (bicyclic) bond motifs is 2. The van der Waals surface area contributed by atoms with Gasteiger partial charge >= 0.3 is 0 Å². The molecule has 5 rings (SSSR count). The van der Waals surface area contributed by atoms with Gasteiger partial charge in [0.25, 0.3) is 0 Å². The number of carbonyl (C=O) groups is 1. The summed E-state index contributed by atoms with van der Waals surface area (Å²) >= 11 is 0. The summed E-state index contributed by atoms with van der Waals surface area (Å²) < 4.78 is 21.1. The highest BCUT2D eigenvalue weighted by Crippen LogP contribution is 2.44. The monoisotopic (exact) mass is 565 g/mol. The molecular formula is C30H43N7O4. The molecule has 0 bridgehead atoms. The smallest absolute Gasteiger partial charge is 0.224 e. The topological polar surface area (TPSA) is 130 Å². The van der Waals surface area contributed by atoms with Crippen LogP contribution in [-0.2, 0) is 30.8 Å². The number of nitrogen functional groups attached to an aromatic ring is 1. The fraction of sp³-hybridized carbons (Fsp3) is 0.600. The van der Waals surface area contributed by atoms with E-state index in [9.17, 15) is 4.79 Å². The van der Waals surface area contributed by atoms with E-state index in [1.807, 2.05) is 30.5 Å². The van der Waals surface area contributed by atoms with E-state index in [4.69, 9.17) is 19.9 Å². The van der Waals surface area contributed by atoms with Crippen LogP contribution in [0, 0.1) is 0 Å². The molecule has 0 aliphatic carbocycles. The van der Waals surface area contributed by atoms with Gasteiger partial charge < -0.3 is 25.3 Å². The Balaban J connectivity index is 1.22. The third-order valence-electron chi connectivity index (χ3n) is 7.84. The van der Waals surface area contributed by atoms with Crippen molar-refractivity contribution in [1.29, 1.82) is 0 Å². The van der Waals surface area contributed by atoms with Gasteiger partial charge in [-0.1, -0.05) is 45.0 Å². The molecular weight excluding hydrogens is 522 g/mol. The van der Waals surface area contributed by atoms with Crippen LogP contribution in [0.15, 0.2) is 36.9 Å². The van der Waals surface area contributed by atoms with Crippen molar-refractivity contribution in [3.63, 3.8) is 0 Å². The van der Waals surface area contributed by atoms with E-state index in [0.29, 0.717) is 43.0 Å². The Morgan fingerprint density at radius 1 is 1.12 bits per heavy atom. The van der Waals surface area contributed by atoms with Crippen molar-refractivity contribution >= 4 is 22.9 Å². The van der Waals surface area contributed by atoms with Crippen molar-refractivity contribution in [1.82, 2.24) is 29.7 Å². The van der Waals surface area contributed by atoms with Crippen LogP contribution in [0.3, 0.4) is 0 Å². The fourth-order valence-corrected chi connectivity index (χ4v) is 5.59. The van der Waals surface area contributed by atoms with Crippen LogP contribution in [0.5, 0.6) is 0 Å². The average molecular weight is 566 g/mol. The minimum Gasteiger partial charge on any atom is -0.382 e. The van der Waals surface area contributed by atoms with Gasteiger partial charge in [-0.15, -0.1) is 0 Å². The van der Waals surface area contributed by atoms with Crippen LogP contribution < -0.4 is 11.1 Å². The van der Waals surface area contributed by atoms with Gasteiger partial charge in [-0.2, -0.15) is 0 Å². The number of hydrogen-bond acceptors (Lipinski definition) is 9. The van der Waals surface area contributed by atoms with Gasteiger partial charge in [0.1, 0.15) is 30.2 Å². The van der Waals surface area contributed by atoms with Gasteiger partial charge in [-0.3, -0.25) is 14.3 Å². The number of anilines is 1. The first-order valence-electron chi connectivity index (χ1n) is 14.4. The molecule has 0 unspecified atom stereocenters. The predicted octanol–water partition coefficient (Wildman–Crippen LogP) is 3.19. The standard InChI is InChI=1S/C30H43N7O4/c1-18(2)36(13-12-32-22(38)14-19-8-10-20(11-9-19)29(3,4)5)15-21-24-25(41-30(6,7)40-24)28(39-21)37-17-35-23-26(31)33-16-34-27(23)37/h8-11,16-18,21,24-25,28H,12-15H2,1-7H3,(H,32,38)(H2,31,33,34)/t21-,24-,25-,28-/m1/s1. The lowest BCUT2D eigenvalue weighted by Gasteiger charge is -2.31. The van der Waals surface area contributed by atoms with Gasteiger partial charge in [0.2, 0.25) is 5.91 Å². The van der Waals surface area contributed by atoms with Crippen LogP contribution in [0.4, 0.5) is 5.82 Å². The van der Waals surface area contributed by atoms with Crippen LogP contribution in [0.1, 0.15) is 65.8 Å². The highest BCUT2D eigenvalue weighted by atomic mass is 16.8. The van der Waals surface area contributed by atoms with E-state index in [0.717, 1.165) is 5.56 Å². The minimum atomic E-state index is -0.748. The number of nitrogens with zero attached hydrogens (tertiary/aromatic N) is 5. The highest BCUT2D eigenvalue weighted by molar-refractivity contribution is 5.81.